The molecule has 0 amide bonds. The Hall–Kier alpha value is -1.97. The molecule has 2 rings (SSSR count). The molecule has 0 unspecified atom stereocenters. The van der Waals surface area contributed by atoms with Crippen LogP contribution < -0.4 is 4.74 Å². The lowest BCUT2D eigenvalue weighted by atomic mass is 10.00. The highest BCUT2D eigenvalue weighted by Gasteiger charge is 2.17. The number of methoxy groups -OCH3 is 1. The summed E-state index contributed by atoms with van der Waals surface area (Å²) in [6.45, 7) is 1.88. The molecule has 0 bridgehead atoms. The van der Waals surface area contributed by atoms with Gasteiger partial charge in [0, 0.05) is 21.2 Å². The van der Waals surface area contributed by atoms with Gasteiger partial charge in [-0.3, -0.25) is 0 Å². The molecule has 114 valence electrons. The summed E-state index contributed by atoms with van der Waals surface area (Å²) in [4.78, 5) is 11.7. The first-order valence-electron chi connectivity index (χ1n) is 6.48. The molecule has 2 aromatic carbocycles. The maximum Gasteiger partial charge on any atom is 0.336 e. The summed E-state index contributed by atoms with van der Waals surface area (Å²) < 4.78 is 5.26. The molecule has 0 aliphatic carbocycles. The number of ether oxygens (including phenoxy) is 1. The number of rotatable bonds is 4. The molecular weight excluding hydrogens is 323 g/mol. The van der Waals surface area contributed by atoms with Gasteiger partial charge in [0.2, 0.25) is 0 Å². The highest BCUT2D eigenvalue weighted by Crippen LogP contribution is 2.33. The molecule has 0 atom stereocenters. The molecule has 0 radical (unpaired) electrons. The number of hydrogen-bond acceptors (Lipinski definition) is 2. The second-order valence-corrected chi connectivity index (χ2v) is 5.52. The van der Waals surface area contributed by atoms with Gasteiger partial charge in [0.15, 0.2) is 0 Å². The van der Waals surface area contributed by atoms with Gasteiger partial charge in [-0.15, -0.1) is 0 Å². The van der Waals surface area contributed by atoms with Gasteiger partial charge in [-0.05, 0) is 37.3 Å². The van der Waals surface area contributed by atoms with E-state index < -0.39 is 5.97 Å². The smallest absolute Gasteiger partial charge is 0.336 e. The van der Waals surface area contributed by atoms with E-state index in [1.54, 1.807) is 30.3 Å². The molecule has 3 nitrogen and oxygen atoms in total. The lowest BCUT2D eigenvalue weighted by Gasteiger charge is -2.11. The maximum absolute atomic E-state index is 11.7. The van der Waals surface area contributed by atoms with Crippen LogP contribution in [0, 0.1) is 6.92 Å². The number of carboxylic acid groups (broad SMARTS) is 1. The second kappa shape index (κ2) is 6.86. The maximum atomic E-state index is 11.7. The van der Waals surface area contributed by atoms with E-state index in [0.29, 0.717) is 26.9 Å². The number of carboxylic acids is 1. The average Bonchev–Trinajstić information content (AvgIpc) is 2.46. The molecule has 0 saturated heterocycles. The van der Waals surface area contributed by atoms with Crippen LogP contribution in [0.25, 0.3) is 11.6 Å². The molecule has 22 heavy (non-hydrogen) atoms. The lowest BCUT2D eigenvalue weighted by Crippen LogP contribution is -2.02. The Morgan fingerprint density at radius 2 is 1.82 bits per heavy atom. The third-order valence-corrected chi connectivity index (χ3v) is 3.82. The van der Waals surface area contributed by atoms with E-state index >= 15 is 0 Å². The van der Waals surface area contributed by atoms with Crippen molar-refractivity contribution in [3.63, 3.8) is 0 Å². The quantitative estimate of drug-likeness (QED) is 0.635. The van der Waals surface area contributed by atoms with Gasteiger partial charge < -0.3 is 9.84 Å². The van der Waals surface area contributed by atoms with Crippen molar-refractivity contribution < 1.29 is 14.6 Å². The van der Waals surface area contributed by atoms with Crippen LogP contribution in [0.2, 0.25) is 10.0 Å². The van der Waals surface area contributed by atoms with Crippen LogP contribution in [0.5, 0.6) is 5.75 Å². The van der Waals surface area contributed by atoms with Gasteiger partial charge in [0.05, 0.1) is 12.7 Å². The number of hydrogen-bond donors (Lipinski definition) is 1. The van der Waals surface area contributed by atoms with Gasteiger partial charge in [0.1, 0.15) is 5.75 Å². The Kier molecular flexibility index (Phi) is 5.11. The van der Waals surface area contributed by atoms with Gasteiger partial charge in [-0.25, -0.2) is 4.79 Å². The normalized spacial score (nSPS) is 11.4. The summed E-state index contributed by atoms with van der Waals surface area (Å²) in [6, 6.07) is 10.4. The summed E-state index contributed by atoms with van der Waals surface area (Å²) in [5.41, 5.74) is 1.93. The topological polar surface area (TPSA) is 46.5 Å². The van der Waals surface area contributed by atoms with Crippen LogP contribution in [0.3, 0.4) is 0 Å². The Morgan fingerprint density at radius 1 is 1.18 bits per heavy atom. The van der Waals surface area contributed by atoms with Crippen LogP contribution in [0.15, 0.2) is 36.4 Å². The van der Waals surface area contributed by atoms with Crippen molar-refractivity contribution in [2.24, 2.45) is 0 Å². The summed E-state index contributed by atoms with van der Waals surface area (Å²) in [5, 5.41) is 10.3. The second-order valence-electron chi connectivity index (χ2n) is 4.70. The minimum absolute atomic E-state index is 0.0653. The van der Waals surface area contributed by atoms with Gasteiger partial charge in [-0.2, -0.15) is 0 Å². The number of carbonyl (C=O) groups is 1. The molecule has 5 heteroatoms. The van der Waals surface area contributed by atoms with E-state index in [2.05, 4.69) is 0 Å². The minimum Gasteiger partial charge on any atom is -0.496 e. The van der Waals surface area contributed by atoms with E-state index in [-0.39, 0.29) is 5.57 Å². The SMILES string of the molecule is COc1ccc(C)cc1/C(=C/c1c(Cl)cccc1Cl)C(=O)O. The Labute approximate surface area is 138 Å². The van der Waals surface area contributed by atoms with Crippen molar-refractivity contribution in [3.05, 3.63) is 63.1 Å². The predicted octanol–water partition coefficient (Wildman–Crippen LogP) is 4.94. The van der Waals surface area contributed by atoms with Crippen LogP contribution in [0.4, 0.5) is 0 Å². The zero-order valence-electron chi connectivity index (χ0n) is 12.1. The number of benzene rings is 2. The fourth-order valence-corrected chi connectivity index (χ4v) is 2.59. The van der Waals surface area contributed by atoms with Crippen LogP contribution >= 0.6 is 23.2 Å². The Morgan fingerprint density at radius 3 is 2.36 bits per heavy atom. The van der Waals surface area contributed by atoms with Crippen molar-refractivity contribution in [2.45, 2.75) is 6.92 Å². The summed E-state index contributed by atoms with van der Waals surface area (Å²) >= 11 is 12.2. The van der Waals surface area contributed by atoms with E-state index in [0.717, 1.165) is 5.56 Å². The van der Waals surface area contributed by atoms with E-state index in [1.165, 1.54) is 13.2 Å². The highest BCUT2D eigenvalue weighted by molar-refractivity contribution is 6.38. The standard InChI is InChI=1S/C17H14Cl2O3/c1-10-6-7-16(22-2)11(8-10)12(17(20)21)9-13-14(18)4-3-5-15(13)19/h3-9H,1-2H3,(H,20,21)/b12-9-. The van der Waals surface area contributed by atoms with Gasteiger partial charge >= 0.3 is 5.97 Å². The predicted molar refractivity (Wildman–Crippen MR) is 89.7 cm³/mol. The molecule has 0 fully saturated rings. The monoisotopic (exact) mass is 336 g/mol. The molecule has 0 spiro atoms. The fourth-order valence-electron chi connectivity index (χ4n) is 2.08. The number of aliphatic carboxylic acids is 1. The van der Waals surface area contributed by atoms with Crippen molar-refractivity contribution in [1.29, 1.82) is 0 Å². The van der Waals surface area contributed by atoms with Crippen molar-refractivity contribution >= 4 is 40.8 Å². The molecule has 1 N–H and O–H groups in total. The molecule has 0 aliphatic heterocycles. The minimum atomic E-state index is -1.08. The van der Waals surface area contributed by atoms with E-state index in [1.807, 2.05) is 13.0 Å². The van der Waals surface area contributed by atoms with Crippen LogP contribution in [-0.4, -0.2) is 18.2 Å². The number of halogens is 2. The average molecular weight is 337 g/mol. The molecular formula is C17H14Cl2O3. The third-order valence-electron chi connectivity index (χ3n) is 3.16. The van der Waals surface area contributed by atoms with Crippen LogP contribution in [-0.2, 0) is 4.79 Å². The molecule has 0 aromatic heterocycles. The third kappa shape index (κ3) is 3.43. The first kappa shape index (κ1) is 16.4. The van der Waals surface area contributed by atoms with Crippen molar-refractivity contribution in [3.8, 4) is 5.75 Å². The fraction of sp³-hybridized carbons (Fsp3) is 0.118. The zero-order chi connectivity index (χ0) is 16.3. The highest BCUT2D eigenvalue weighted by atomic mass is 35.5. The Balaban J connectivity index is 2.69. The van der Waals surface area contributed by atoms with E-state index in [9.17, 15) is 9.90 Å². The summed E-state index contributed by atoms with van der Waals surface area (Å²) in [7, 11) is 1.50. The largest absolute Gasteiger partial charge is 0.496 e. The number of aryl methyl sites for hydroxylation is 1. The summed E-state index contributed by atoms with van der Waals surface area (Å²) in [5.74, 6) is -0.609. The first-order valence-corrected chi connectivity index (χ1v) is 7.23. The molecule has 0 heterocycles. The molecule has 0 aliphatic rings. The van der Waals surface area contributed by atoms with Gasteiger partial charge in [-0.1, -0.05) is 40.9 Å². The van der Waals surface area contributed by atoms with Crippen molar-refractivity contribution in [1.82, 2.24) is 0 Å². The zero-order valence-corrected chi connectivity index (χ0v) is 13.6. The van der Waals surface area contributed by atoms with Gasteiger partial charge in [0.25, 0.3) is 0 Å². The molecule has 2 aromatic rings. The lowest BCUT2D eigenvalue weighted by molar-refractivity contribution is -0.130. The Bertz CT molecular complexity index is 731. The molecule has 0 saturated carbocycles. The van der Waals surface area contributed by atoms with E-state index in [4.69, 9.17) is 27.9 Å². The first-order chi connectivity index (χ1) is 10.4. The van der Waals surface area contributed by atoms with Crippen LogP contribution in [0.1, 0.15) is 16.7 Å². The summed E-state index contributed by atoms with van der Waals surface area (Å²) in [6.07, 6.45) is 1.46. The van der Waals surface area contributed by atoms with Crippen molar-refractivity contribution in [2.75, 3.05) is 7.11 Å².